The number of hydrogen-bond acceptors (Lipinski definition) is 4. The van der Waals surface area contributed by atoms with Gasteiger partial charge in [0.1, 0.15) is 0 Å². The molecule has 0 bridgehead atoms. The molecule has 124 valence electrons. The van der Waals surface area contributed by atoms with Crippen LogP contribution in [-0.4, -0.2) is 62.4 Å². The molecule has 0 unspecified atom stereocenters. The SMILES string of the molecule is COC[C@H]1[C@H](NC2CCN(C(=O)C3CC3)CC2)[C@H]2CCO[C@H]21. The molecule has 4 rings (SSSR count). The first-order chi connectivity index (χ1) is 10.8. The Morgan fingerprint density at radius 1 is 1.23 bits per heavy atom. The molecule has 0 aromatic rings. The van der Waals surface area contributed by atoms with Crippen molar-refractivity contribution in [3.63, 3.8) is 0 Å². The van der Waals surface area contributed by atoms with Crippen molar-refractivity contribution in [2.45, 2.75) is 50.3 Å². The Hall–Kier alpha value is -0.650. The van der Waals surface area contributed by atoms with Crippen LogP contribution in [0.5, 0.6) is 0 Å². The molecule has 2 aliphatic carbocycles. The first-order valence-electron chi connectivity index (χ1n) is 8.93. The van der Waals surface area contributed by atoms with Gasteiger partial charge in [0.15, 0.2) is 0 Å². The average molecular weight is 308 g/mol. The topological polar surface area (TPSA) is 50.8 Å². The van der Waals surface area contributed by atoms with E-state index in [1.54, 1.807) is 7.11 Å². The zero-order valence-corrected chi connectivity index (χ0v) is 13.5. The van der Waals surface area contributed by atoms with Gasteiger partial charge < -0.3 is 19.7 Å². The monoisotopic (exact) mass is 308 g/mol. The van der Waals surface area contributed by atoms with Crippen LogP contribution in [-0.2, 0) is 14.3 Å². The van der Waals surface area contributed by atoms with Crippen molar-refractivity contribution < 1.29 is 14.3 Å². The summed E-state index contributed by atoms with van der Waals surface area (Å²) in [7, 11) is 1.78. The highest BCUT2D eigenvalue weighted by Crippen LogP contribution is 2.44. The number of likely N-dealkylation sites (tertiary alicyclic amines) is 1. The summed E-state index contributed by atoms with van der Waals surface area (Å²) >= 11 is 0. The largest absolute Gasteiger partial charge is 0.384 e. The third-order valence-corrected chi connectivity index (χ3v) is 6.05. The average Bonchev–Trinajstić information content (AvgIpc) is 3.30. The summed E-state index contributed by atoms with van der Waals surface area (Å²) in [6.45, 7) is 3.55. The van der Waals surface area contributed by atoms with Crippen LogP contribution in [0.2, 0.25) is 0 Å². The van der Waals surface area contributed by atoms with Crippen LogP contribution in [0.15, 0.2) is 0 Å². The van der Waals surface area contributed by atoms with Gasteiger partial charge in [-0.05, 0) is 32.1 Å². The van der Waals surface area contributed by atoms with Gasteiger partial charge in [0, 0.05) is 56.6 Å². The molecule has 4 atom stereocenters. The molecular weight excluding hydrogens is 280 g/mol. The minimum Gasteiger partial charge on any atom is -0.384 e. The molecule has 2 heterocycles. The molecule has 2 saturated carbocycles. The smallest absolute Gasteiger partial charge is 0.225 e. The molecule has 2 saturated heterocycles. The molecule has 1 amide bonds. The quantitative estimate of drug-likeness (QED) is 0.824. The summed E-state index contributed by atoms with van der Waals surface area (Å²) in [6.07, 6.45) is 6.00. The van der Waals surface area contributed by atoms with E-state index in [0.717, 1.165) is 52.0 Å². The first kappa shape index (κ1) is 14.9. The number of rotatable bonds is 5. The van der Waals surface area contributed by atoms with Crippen molar-refractivity contribution in [2.24, 2.45) is 17.8 Å². The Bertz CT molecular complexity index is 418. The third kappa shape index (κ3) is 2.68. The van der Waals surface area contributed by atoms with Crippen LogP contribution in [0.1, 0.15) is 32.1 Å². The van der Waals surface area contributed by atoms with Gasteiger partial charge in [-0.1, -0.05) is 0 Å². The zero-order chi connectivity index (χ0) is 15.1. The Balaban J connectivity index is 1.28. The van der Waals surface area contributed by atoms with E-state index in [0.29, 0.717) is 41.8 Å². The fourth-order valence-electron chi connectivity index (χ4n) is 4.59. The number of carbonyl (C=O) groups excluding carboxylic acids is 1. The predicted octanol–water partition coefficient (Wildman–Crippen LogP) is 1.03. The van der Waals surface area contributed by atoms with Gasteiger partial charge in [-0.2, -0.15) is 0 Å². The molecular formula is C17H28N2O3. The minimum absolute atomic E-state index is 0.360. The lowest BCUT2D eigenvalue weighted by atomic mass is 9.66. The van der Waals surface area contributed by atoms with Crippen molar-refractivity contribution in [3.05, 3.63) is 0 Å². The summed E-state index contributed by atoms with van der Waals surface area (Å²) in [5.41, 5.74) is 0. The molecule has 5 nitrogen and oxygen atoms in total. The Labute approximate surface area is 132 Å². The number of fused-ring (bicyclic) bond motifs is 1. The van der Waals surface area contributed by atoms with Gasteiger partial charge in [0.2, 0.25) is 5.91 Å². The van der Waals surface area contributed by atoms with Gasteiger partial charge in [-0.25, -0.2) is 0 Å². The lowest BCUT2D eigenvalue weighted by molar-refractivity contribution is -0.134. The third-order valence-electron chi connectivity index (χ3n) is 6.05. The van der Waals surface area contributed by atoms with Crippen LogP contribution in [0, 0.1) is 17.8 Å². The van der Waals surface area contributed by atoms with E-state index < -0.39 is 0 Å². The van der Waals surface area contributed by atoms with Crippen molar-refractivity contribution >= 4 is 5.91 Å². The number of piperidine rings is 1. The van der Waals surface area contributed by atoms with E-state index in [4.69, 9.17) is 9.47 Å². The number of nitrogens with one attached hydrogen (secondary N) is 1. The standard InChI is InChI=1S/C17H28N2O3/c1-21-10-14-15(13-6-9-22-16(13)14)18-12-4-7-19(8-5-12)17(20)11-2-3-11/h11-16,18H,2-10H2,1H3/t13-,14+,15-,16-/m1/s1. The maximum Gasteiger partial charge on any atom is 0.225 e. The van der Waals surface area contributed by atoms with Gasteiger partial charge in [0.25, 0.3) is 0 Å². The van der Waals surface area contributed by atoms with Crippen molar-refractivity contribution in [3.8, 4) is 0 Å². The summed E-state index contributed by atoms with van der Waals surface area (Å²) in [6, 6.07) is 1.09. The number of methoxy groups -OCH3 is 1. The highest BCUT2D eigenvalue weighted by molar-refractivity contribution is 5.81. The molecule has 4 aliphatic rings. The predicted molar refractivity (Wildman–Crippen MR) is 82.5 cm³/mol. The van der Waals surface area contributed by atoms with Crippen LogP contribution >= 0.6 is 0 Å². The van der Waals surface area contributed by atoms with Gasteiger partial charge in [-0.15, -0.1) is 0 Å². The van der Waals surface area contributed by atoms with Crippen molar-refractivity contribution in [2.75, 3.05) is 33.4 Å². The zero-order valence-electron chi connectivity index (χ0n) is 13.5. The lowest BCUT2D eigenvalue weighted by Crippen LogP contribution is -2.64. The fraction of sp³-hybridized carbons (Fsp3) is 0.941. The van der Waals surface area contributed by atoms with E-state index in [1.165, 1.54) is 6.42 Å². The second-order valence-corrected chi connectivity index (χ2v) is 7.47. The van der Waals surface area contributed by atoms with Gasteiger partial charge in [-0.3, -0.25) is 4.79 Å². The Morgan fingerprint density at radius 2 is 2.00 bits per heavy atom. The van der Waals surface area contributed by atoms with E-state index >= 15 is 0 Å². The van der Waals surface area contributed by atoms with Crippen LogP contribution in [0.4, 0.5) is 0 Å². The summed E-state index contributed by atoms with van der Waals surface area (Å²) < 4.78 is 11.2. The summed E-state index contributed by atoms with van der Waals surface area (Å²) in [5, 5.41) is 3.87. The maximum absolute atomic E-state index is 12.1. The Kier molecular flexibility index (Phi) is 4.13. The highest BCUT2D eigenvalue weighted by atomic mass is 16.5. The normalized spacial score (nSPS) is 38.7. The van der Waals surface area contributed by atoms with Gasteiger partial charge >= 0.3 is 0 Å². The van der Waals surface area contributed by atoms with Crippen molar-refractivity contribution in [1.82, 2.24) is 10.2 Å². The van der Waals surface area contributed by atoms with E-state index in [2.05, 4.69) is 10.2 Å². The number of carbonyl (C=O) groups is 1. The molecule has 0 aromatic carbocycles. The Morgan fingerprint density at radius 3 is 2.68 bits per heavy atom. The molecule has 0 aromatic heterocycles. The maximum atomic E-state index is 12.1. The van der Waals surface area contributed by atoms with Crippen molar-refractivity contribution in [1.29, 1.82) is 0 Å². The number of nitrogens with zero attached hydrogens (tertiary/aromatic N) is 1. The van der Waals surface area contributed by atoms with Crippen LogP contribution < -0.4 is 5.32 Å². The number of ether oxygens (including phenoxy) is 2. The molecule has 22 heavy (non-hydrogen) atoms. The summed E-state index contributed by atoms with van der Waals surface area (Å²) in [5.74, 6) is 1.94. The number of hydrogen-bond donors (Lipinski definition) is 1. The van der Waals surface area contributed by atoms with E-state index in [-0.39, 0.29) is 0 Å². The minimum atomic E-state index is 0.360. The van der Waals surface area contributed by atoms with E-state index in [9.17, 15) is 4.79 Å². The number of amides is 1. The van der Waals surface area contributed by atoms with Gasteiger partial charge in [0.05, 0.1) is 12.7 Å². The molecule has 1 N–H and O–H groups in total. The van der Waals surface area contributed by atoms with Crippen LogP contribution in [0.25, 0.3) is 0 Å². The molecule has 0 spiro atoms. The summed E-state index contributed by atoms with van der Waals surface area (Å²) in [4.78, 5) is 14.2. The molecule has 5 heteroatoms. The molecule has 4 fully saturated rings. The second-order valence-electron chi connectivity index (χ2n) is 7.47. The second kappa shape index (κ2) is 6.10. The van der Waals surface area contributed by atoms with E-state index in [1.807, 2.05) is 0 Å². The highest BCUT2D eigenvalue weighted by Gasteiger charge is 2.54. The van der Waals surface area contributed by atoms with Crippen LogP contribution in [0.3, 0.4) is 0 Å². The molecule has 2 aliphatic heterocycles. The first-order valence-corrected chi connectivity index (χ1v) is 8.93. The lowest BCUT2D eigenvalue weighted by Gasteiger charge is -2.50. The fourth-order valence-corrected chi connectivity index (χ4v) is 4.59. The molecule has 0 radical (unpaired) electrons.